The third-order valence-electron chi connectivity index (χ3n) is 1.75. The van der Waals surface area contributed by atoms with E-state index >= 15 is 0 Å². The summed E-state index contributed by atoms with van der Waals surface area (Å²) in [6.45, 7) is 0. The molecule has 72 valence electrons. The normalized spacial score (nSPS) is 12.3. The number of aliphatic hydroxyl groups is 1. The van der Waals surface area contributed by atoms with Crippen molar-refractivity contribution in [3.63, 3.8) is 0 Å². The van der Waals surface area contributed by atoms with Crippen molar-refractivity contribution in [1.82, 2.24) is 0 Å². The summed E-state index contributed by atoms with van der Waals surface area (Å²) in [6, 6.07) is 5.17. The lowest BCUT2D eigenvalue weighted by atomic mass is 10.1. The standard InChI is InChI=1S/C9H13NO3/c1-12-7-5-3-4-6(9(10)11)8(7)13-2/h3-5,9,11H,10H2,1-2H3/t9-/m1/s1. The van der Waals surface area contributed by atoms with Crippen LogP contribution in [0.25, 0.3) is 0 Å². The smallest absolute Gasteiger partial charge is 0.167 e. The first-order valence-electron chi connectivity index (χ1n) is 3.85. The minimum Gasteiger partial charge on any atom is -0.493 e. The second-order valence-electron chi connectivity index (χ2n) is 2.53. The molecule has 0 heterocycles. The molecule has 0 bridgehead atoms. The minimum atomic E-state index is -1.05. The van der Waals surface area contributed by atoms with Crippen LogP contribution in [0.4, 0.5) is 0 Å². The molecular weight excluding hydrogens is 170 g/mol. The molecule has 0 aliphatic heterocycles. The first-order chi connectivity index (χ1) is 6.20. The predicted molar refractivity (Wildman–Crippen MR) is 48.7 cm³/mol. The molecule has 4 nitrogen and oxygen atoms in total. The Balaban J connectivity index is 3.19. The van der Waals surface area contributed by atoms with E-state index in [-0.39, 0.29) is 0 Å². The van der Waals surface area contributed by atoms with Gasteiger partial charge in [-0.1, -0.05) is 12.1 Å². The fourth-order valence-corrected chi connectivity index (χ4v) is 1.14. The number of hydrogen-bond donors (Lipinski definition) is 2. The Labute approximate surface area is 76.9 Å². The van der Waals surface area contributed by atoms with Gasteiger partial charge >= 0.3 is 0 Å². The number of aliphatic hydroxyl groups excluding tert-OH is 1. The van der Waals surface area contributed by atoms with Crippen LogP contribution < -0.4 is 15.2 Å². The fourth-order valence-electron chi connectivity index (χ4n) is 1.14. The van der Waals surface area contributed by atoms with Gasteiger partial charge in [-0.15, -0.1) is 0 Å². The number of methoxy groups -OCH3 is 2. The minimum absolute atomic E-state index is 0.472. The van der Waals surface area contributed by atoms with Crippen molar-refractivity contribution in [3.8, 4) is 11.5 Å². The van der Waals surface area contributed by atoms with Crippen molar-refractivity contribution in [2.75, 3.05) is 14.2 Å². The molecule has 1 atom stereocenters. The lowest BCUT2D eigenvalue weighted by Crippen LogP contribution is -2.10. The van der Waals surface area contributed by atoms with Gasteiger partial charge in [0, 0.05) is 5.56 Å². The number of hydrogen-bond acceptors (Lipinski definition) is 4. The van der Waals surface area contributed by atoms with Gasteiger partial charge in [-0.3, -0.25) is 0 Å². The zero-order valence-corrected chi connectivity index (χ0v) is 7.65. The molecule has 13 heavy (non-hydrogen) atoms. The highest BCUT2D eigenvalue weighted by Gasteiger charge is 2.12. The maximum absolute atomic E-state index is 9.20. The summed E-state index contributed by atoms with van der Waals surface area (Å²) in [5.41, 5.74) is 5.85. The van der Waals surface area contributed by atoms with E-state index in [9.17, 15) is 5.11 Å². The average molecular weight is 183 g/mol. The summed E-state index contributed by atoms with van der Waals surface area (Å²) in [5, 5.41) is 9.20. The van der Waals surface area contributed by atoms with Crippen LogP contribution in [0, 0.1) is 0 Å². The van der Waals surface area contributed by atoms with Crippen molar-refractivity contribution in [3.05, 3.63) is 23.8 Å². The van der Waals surface area contributed by atoms with Gasteiger partial charge in [0.15, 0.2) is 11.5 Å². The molecule has 4 heteroatoms. The Morgan fingerprint density at radius 1 is 1.31 bits per heavy atom. The average Bonchev–Trinajstić information content (AvgIpc) is 2.16. The van der Waals surface area contributed by atoms with Crippen molar-refractivity contribution >= 4 is 0 Å². The number of nitrogens with two attached hydrogens (primary N) is 1. The van der Waals surface area contributed by atoms with E-state index in [0.717, 1.165) is 0 Å². The van der Waals surface area contributed by atoms with Crippen LogP contribution in [-0.4, -0.2) is 19.3 Å². The summed E-state index contributed by atoms with van der Waals surface area (Å²) < 4.78 is 10.1. The van der Waals surface area contributed by atoms with Crippen LogP contribution in [0.5, 0.6) is 11.5 Å². The van der Waals surface area contributed by atoms with E-state index in [1.54, 1.807) is 18.2 Å². The van der Waals surface area contributed by atoms with E-state index in [1.165, 1.54) is 14.2 Å². The largest absolute Gasteiger partial charge is 0.493 e. The second-order valence-corrected chi connectivity index (χ2v) is 2.53. The fraction of sp³-hybridized carbons (Fsp3) is 0.333. The third kappa shape index (κ3) is 1.91. The Hall–Kier alpha value is -1.26. The molecule has 0 saturated carbocycles. The first-order valence-corrected chi connectivity index (χ1v) is 3.85. The van der Waals surface area contributed by atoms with E-state index in [0.29, 0.717) is 17.1 Å². The van der Waals surface area contributed by atoms with E-state index < -0.39 is 6.23 Å². The molecular formula is C9H13NO3. The van der Waals surface area contributed by atoms with E-state index in [4.69, 9.17) is 15.2 Å². The summed E-state index contributed by atoms with van der Waals surface area (Å²) in [7, 11) is 3.04. The number of para-hydroxylation sites is 1. The highest BCUT2D eigenvalue weighted by atomic mass is 16.5. The molecule has 0 aromatic heterocycles. The molecule has 1 aromatic carbocycles. The molecule has 0 aliphatic carbocycles. The molecule has 0 unspecified atom stereocenters. The van der Waals surface area contributed by atoms with Crippen LogP contribution in [0.3, 0.4) is 0 Å². The lowest BCUT2D eigenvalue weighted by Gasteiger charge is -2.13. The molecule has 0 aliphatic rings. The van der Waals surface area contributed by atoms with Crippen LogP contribution in [0.1, 0.15) is 11.8 Å². The molecule has 1 rings (SSSR count). The summed E-state index contributed by atoms with van der Waals surface area (Å²) in [5.74, 6) is 1.03. The van der Waals surface area contributed by atoms with Crippen LogP contribution in [-0.2, 0) is 0 Å². The lowest BCUT2D eigenvalue weighted by molar-refractivity contribution is 0.180. The Bertz CT molecular complexity index is 286. The molecule has 0 spiro atoms. The van der Waals surface area contributed by atoms with Crippen LogP contribution in [0.2, 0.25) is 0 Å². The molecule has 0 radical (unpaired) electrons. The quantitative estimate of drug-likeness (QED) is 0.675. The van der Waals surface area contributed by atoms with Crippen LogP contribution in [0.15, 0.2) is 18.2 Å². The monoisotopic (exact) mass is 183 g/mol. The number of rotatable bonds is 3. The first kappa shape index (κ1) is 9.83. The Kier molecular flexibility index (Phi) is 3.11. The topological polar surface area (TPSA) is 64.7 Å². The van der Waals surface area contributed by atoms with Crippen LogP contribution >= 0.6 is 0 Å². The molecule has 0 saturated heterocycles. The molecule has 1 aromatic rings. The second kappa shape index (κ2) is 4.11. The Morgan fingerprint density at radius 3 is 2.46 bits per heavy atom. The molecule has 3 N–H and O–H groups in total. The maximum Gasteiger partial charge on any atom is 0.167 e. The zero-order valence-electron chi connectivity index (χ0n) is 7.65. The van der Waals surface area contributed by atoms with Gasteiger partial charge in [-0.25, -0.2) is 0 Å². The van der Waals surface area contributed by atoms with Gasteiger partial charge in [-0.2, -0.15) is 0 Å². The van der Waals surface area contributed by atoms with Gasteiger partial charge in [0.05, 0.1) is 14.2 Å². The molecule has 0 amide bonds. The highest BCUT2D eigenvalue weighted by Crippen LogP contribution is 2.32. The third-order valence-corrected chi connectivity index (χ3v) is 1.75. The van der Waals surface area contributed by atoms with Crippen molar-refractivity contribution in [2.24, 2.45) is 5.73 Å². The van der Waals surface area contributed by atoms with Gasteiger partial charge in [0.1, 0.15) is 6.23 Å². The number of ether oxygens (including phenoxy) is 2. The van der Waals surface area contributed by atoms with Gasteiger partial charge in [0.25, 0.3) is 0 Å². The SMILES string of the molecule is COc1cccc([C@H](N)O)c1OC. The highest BCUT2D eigenvalue weighted by molar-refractivity contribution is 5.47. The Morgan fingerprint density at radius 2 is 2.00 bits per heavy atom. The summed E-state index contributed by atoms with van der Waals surface area (Å²) in [4.78, 5) is 0. The zero-order chi connectivity index (χ0) is 9.84. The summed E-state index contributed by atoms with van der Waals surface area (Å²) in [6.07, 6.45) is -1.05. The van der Waals surface area contributed by atoms with Crippen molar-refractivity contribution in [2.45, 2.75) is 6.23 Å². The van der Waals surface area contributed by atoms with Gasteiger partial charge in [-0.05, 0) is 6.07 Å². The number of benzene rings is 1. The van der Waals surface area contributed by atoms with E-state index in [2.05, 4.69) is 0 Å². The van der Waals surface area contributed by atoms with E-state index in [1.807, 2.05) is 0 Å². The van der Waals surface area contributed by atoms with Crippen molar-refractivity contribution in [1.29, 1.82) is 0 Å². The van der Waals surface area contributed by atoms with Gasteiger partial charge < -0.3 is 20.3 Å². The maximum atomic E-state index is 9.20. The van der Waals surface area contributed by atoms with Crippen molar-refractivity contribution < 1.29 is 14.6 Å². The predicted octanol–water partition coefficient (Wildman–Crippen LogP) is 0.653. The summed E-state index contributed by atoms with van der Waals surface area (Å²) >= 11 is 0. The molecule has 0 fully saturated rings. The van der Waals surface area contributed by atoms with Gasteiger partial charge in [0.2, 0.25) is 0 Å².